The lowest BCUT2D eigenvalue weighted by Gasteiger charge is -2.36. The molecule has 0 saturated carbocycles. The standard InChI is InChI=1S/C26H38N2O4.2ClH/c1-26(2,3)21-5-9-25(10-6-21)32-18-17-31-20-23(29)19-27-13-15-28(16-14-27)22-7-11-24(30-4)12-8-22;;/h5-12,23,29H,13-20H2,1-4H3;2*1H. The van der Waals surface area contributed by atoms with E-state index in [1.54, 1.807) is 7.11 Å². The van der Waals surface area contributed by atoms with Crippen molar-refractivity contribution in [2.24, 2.45) is 0 Å². The van der Waals surface area contributed by atoms with Crippen LogP contribution < -0.4 is 14.4 Å². The molecule has 1 aliphatic rings. The van der Waals surface area contributed by atoms with Crippen LogP contribution in [0.15, 0.2) is 48.5 Å². The predicted molar refractivity (Wildman–Crippen MR) is 144 cm³/mol. The minimum Gasteiger partial charge on any atom is -0.497 e. The highest BCUT2D eigenvalue weighted by Gasteiger charge is 2.19. The van der Waals surface area contributed by atoms with E-state index >= 15 is 0 Å². The van der Waals surface area contributed by atoms with Gasteiger partial charge in [-0.05, 0) is 47.4 Å². The summed E-state index contributed by atoms with van der Waals surface area (Å²) < 4.78 is 16.6. The van der Waals surface area contributed by atoms with Crippen molar-refractivity contribution >= 4 is 30.5 Å². The molecule has 8 heteroatoms. The summed E-state index contributed by atoms with van der Waals surface area (Å²) in [6, 6.07) is 16.4. The summed E-state index contributed by atoms with van der Waals surface area (Å²) in [5, 5.41) is 10.3. The molecule has 6 nitrogen and oxygen atoms in total. The molecule has 0 amide bonds. The van der Waals surface area contributed by atoms with Gasteiger partial charge < -0.3 is 24.2 Å². The maximum absolute atomic E-state index is 10.3. The zero-order valence-electron chi connectivity index (χ0n) is 20.7. The van der Waals surface area contributed by atoms with Gasteiger partial charge in [-0.1, -0.05) is 32.9 Å². The molecule has 1 heterocycles. The van der Waals surface area contributed by atoms with E-state index in [0.717, 1.165) is 37.7 Å². The van der Waals surface area contributed by atoms with Gasteiger partial charge in [-0.2, -0.15) is 0 Å². The molecule has 1 atom stereocenters. The van der Waals surface area contributed by atoms with E-state index in [-0.39, 0.29) is 30.2 Å². The normalized spacial score (nSPS) is 15.1. The molecule has 0 aliphatic carbocycles. The summed E-state index contributed by atoms with van der Waals surface area (Å²) in [5.74, 6) is 1.72. The quantitative estimate of drug-likeness (QED) is 0.473. The number of β-amino-alcohol motifs (C(OH)–C–C–N with tert-alkyl or cyclic N) is 1. The molecule has 1 aliphatic heterocycles. The number of hydrogen-bond acceptors (Lipinski definition) is 6. The van der Waals surface area contributed by atoms with Crippen molar-refractivity contribution in [2.75, 3.05) is 64.6 Å². The van der Waals surface area contributed by atoms with Crippen molar-refractivity contribution in [3.05, 3.63) is 54.1 Å². The Balaban J connectivity index is 0.00000289. The minimum atomic E-state index is -0.492. The van der Waals surface area contributed by atoms with Gasteiger partial charge in [-0.3, -0.25) is 4.90 Å². The van der Waals surface area contributed by atoms with Crippen LogP contribution in [-0.2, 0) is 10.2 Å². The van der Waals surface area contributed by atoms with E-state index in [0.29, 0.717) is 26.4 Å². The number of methoxy groups -OCH3 is 1. The molecule has 192 valence electrons. The maximum Gasteiger partial charge on any atom is 0.119 e. The second-order valence-corrected chi connectivity index (χ2v) is 9.34. The van der Waals surface area contributed by atoms with Crippen molar-refractivity contribution in [1.29, 1.82) is 0 Å². The molecule has 0 bridgehead atoms. The number of nitrogens with zero attached hydrogens (tertiary/aromatic N) is 2. The average Bonchev–Trinajstić information content (AvgIpc) is 2.79. The van der Waals surface area contributed by atoms with E-state index < -0.39 is 6.10 Å². The average molecular weight is 516 g/mol. The third kappa shape index (κ3) is 9.51. The fourth-order valence-corrected chi connectivity index (χ4v) is 3.82. The molecule has 0 aromatic heterocycles. The second kappa shape index (κ2) is 14.6. The molecular formula is C26H40Cl2N2O4. The molecule has 1 fully saturated rings. The molecular weight excluding hydrogens is 475 g/mol. The summed E-state index contributed by atoms with van der Waals surface area (Å²) in [4.78, 5) is 4.66. The van der Waals surface area contributed by atoms with Gasteiger partial charge in [0.05, 0.1) is 26.4 Å². The zero-order valence-corrected chi connectivity index (χ0v) is 22.4. The van der Waals surface area contributed by atoms with Gasteiger partial charge in [0.1, 0.15) is 18.1 Å². The van der Waals surface area contributed by atoms with Crippen LogP contribution >= 0.6 is 24.8 Å². The first-order valence-corrected chi connectivity index (χ1v) is 11.5. The van der Waals surface area contributed by atoms with Crippen LogP contribution in [0.2, 0.25) is 0 Å². The van der Waals surface area contributed by atoms with Crippen LogP contribution in [0.3, 0.4) is 0 Å². The molecule has 34 heavy (non-hydrogen) atoms. The third-order valence-corrected chi connectivity index (χ3v) is 5.81. The van der Waals surface area contributed by atoms with Gasteiger partial charge in [-0.25, -0.2) is 0 Å². The van der Waals surface area contributed by atoms with E-state index in [2.05, 4.69) is 54.8 Å². The number of aliphatic hydroxyl groups excluding tert-OH is 1. The number of hydrogen-bond donors (Lipinski definition) is 1. The SMILES string of the molecule is COc1ccc(N2CCN(CC(O)COCCOc3ccc(C(C)(C)C)cc3)CC2)cc1.Cl.Cl. The number of ether oxygens (including phenoxy) is 3. The highest BCUT2D eigenvalue weighted by Crippen LogP contribution is 2.24. The first kappa shape index (κ1) is 30.3. The summed E-state index contributed by atoms with van der Waals surface area (Å²) in [5.41, 5.74) is 2.64. The highest BCUT2D eigenvalue weighted by atomic mass is 35.5. The smallest absolute Gasteiger partial charge is 0.119 e. The van der Waals surface area contributed by atoms with Gasteiger partial charge >= 0.3 is 0 Å². The number of rotatable bonds is 10. The van der Waals surface area contributed by atoms with E-state index in [4.69, 9.17) is 14.2 Å². The Labute approximate surface area is 217 Å². The Morgan fingerprint density at radius 2 is 1.44 bits per heavy atom. The highest BCUT2D eigenvalue weighted by molar-refractivity contribution is 5.85. The molecule has 0 radical (unpaired) electrons. The fraction of sp³-hybridized carbons (Fsp3) is 0.538. The van der Waals surface area contributed by atoms with Crippen molar-refractivity contribution in [3.63, 3.8) is 0 Å². The summed E-state index contributed by atoms with van der Waals surface area (Å²) in [6.45, 7) is 12.2. The van der Waals surface area contributed by atoms with Crippen LogP contribution in [0.25, 0.3) is 0 Å². The Kier molecular flexibility index (Phi) is 13.1. The van der Waals surface area contributed by atoms with Crippen molar-refractivity contribution in [1.82, 2.24) is 4.90 Å². The minimum absolute atomic E-state index is 0. The Morgan fingerprint density at radius 3 is 2.00 bits per heavy atom. The molecule has 1 N–H and O–H groups in total. The Hall–Kier alpha value is -1.70. The molecule has 0 spiro atoms. The molecule has 3 rings (SSSR count). The molecule has 1 saturated heterocycles. The summed E-state index contributed by atoms with van der Waals surface area (Å²) in [7, 11) is 1.68. The summed E-state index contributed by atoms with van der Waals surface area (Å²) in [6.07, 6.45) is -0.492. The topological polar surface area (TPSA) is 54.4 Å². The van der Waals surface area contributed by atoms with Gasteiger partial charge in [-0.15, -0.1) is 24.8 Å². The Bertz CT molecular complexity index is 805. The van der Waals surface area contributed by atoms with Crippen LogP contribution in [-0.4, -0.2) is 75.8 Å². The lowest BCUT2D eigenvalue weighted by molar-refractivity contribution is 0.00718. The van der Waals surface area contributed by atoms with Crippen LogP contribution in [0.1, 0.15) is 26.3 Å². The van der Waals surface area contributed by atoms with Crippen molar-refractivity contribution < 1.29 is 19.3 Å². The number of halogens is 2. The van der Waals surface area contributed by atoms with Gasteiger partial charge in [0.2, 0.25) is 0 Å². The zero-order chi connectivity index (χ0) is 23.0. The van der Waals surface area contributed by atoms with Crippen LogP contribution in [0, 0.1) is 0 Å². The van der Waals surface area contributed by atoms with E-state index in [1.807, 2.05) is 24.3 Å². The number of anilines is 1. The number of aliphatic hydroxyl groups is 1. The second-order valence-electron chi connectivity index (χ2n) is 9.34. The molecule has 2 aromatic carbocycles. The van der Waals surface area contributed by atoms with E-state index in [9.17, 15) is 5.11 Å². The lowest BCUT2D eigenvalue weighted by atomic mass is 9.87. The van der Waals surface area contributed by atoms with Crippen LogP contribution in [0.4, 0.5) is 5.69 Å². The number of piperazine rings is 1. The lowest BCUT2D eigenvalue weighted by Crippen LogP contribution is -2.49. The Morgan fingerprint density at radius 1 is 0.853 bits per heavy atom. The fourth-order valence-electron chi connectivity index (χ4n) is 3.82. The molecule has 1 unspecified atom stereocenters. The van der Waals surface area contributed by atoms with Gasteiger partial charge in [0.25, 0.3) is 0 Å². The third-order valence-electron chi connectivity index (χ3n) is 5.81. The van der Waals surface area contributed by atoms with Gasteiger partial charge in [0, 0.05) is 38.4 Å². The largest absolute Gasteiger partial charge is 0.497 e. The first-order valence-electron chi connectivity index (χ1n) is 11.5. The van der Waals surface area contributed by atoms with Crippen molar-refractivity contribution in [2.45, 2.75) is 32.3 Å². The summed E-state index contributed by atoms with van der Waals surface area (Å²) >= 11 is 0. The van der Waals surface area contributed by atoms with Crippen LogP contribution in [0.5, 0.6) is 11.5 Å². The monoisotopic (exact) mass is 514 g/mol. The maximum atomic E-state index is 10.3. The number of benzene rings is 2. The van der Waals surface area contributed by atoms with Crippen molar-refractivity contribution in [3.8, 4) is 11.5 Å². The van der Waals surface area contributed by atoms with E-state index in [1.165, 1.54) is 11.3 Å². The molecule has 2 aromatic rings. The first-order chi connectivity index (χ1) is 15.3. The predicted octanol–water partition coefficient (Wildman–Crippen LogP) is 4.41. The van der Waals surface area contributed by atoms with Gasteiger partial charge in [0.15, 0.2) is 0 Å².